The Morgan fingerprint density at radius 3 is 2.41 bits per heavy atom. The third kappa shape index (κ3) is 5.85. The molecular weight excluding hydrogens is 499 g/mol. The second-order valence-corrected chi connectivity index (χ2v) is 9.15. The Morgan fingerprint density at radius 1 is 1.05 bits per heavy atom. The van der Waals surface area contributed by atoms with E-state index in [0.29, 0.717) is 50.1 Å². The van der Waals surface area contributed by atoms with Crippen molar-refractivity contribution in [3.8, 4) is 17.1 Å². The standard InChI is InChI=1S/C25H25F5N4O3/c1-15-13-33(22-3-2-17(12-31-22)25(28,29)30)5-4-21(15)37-23-11-20(16-8-18(26)10-19(27)9-16)32-34(23)14-24-35-6-7-36-24/h2-3,8-12,15,21,24H,4-7,13-14H2,1H3/t15-,21-/m1/s1. The summed E-state index contributed by atoms with van der Waals surface area (Å²) >= 11 is 0. The van der Waals surface area contributed by atoms with E-state index in [1.807, 2.05) is 11.8 Å². The molecule has 37 heavy (non-hydrogen) atoms. The van der Waals surface area contributed by atoms with Crippen LogP contribution in [-0.2, 0) is 22.2 Å². The number of halogens is 5. The summed E-state index contributed by atoms with van der Waals surface area (Å²) in [5.74, 6) is -0.569. The number of aromatic nitrogens is 3. The number of rotatable bonds is 6. The van der Waals surface area contributed by atoms with Crippen molar-refractivity contribution in [2.24, 2.45) is 5.92 Å². The molecule has 0 spiro atoms. The number of ether oxygens (including phenoxy) is 3. The Morgan fingerprint density at radius 2 is 1.78 bits per heavy atom. The zero-order chi connectivity index (χ0) is 26.2. The highest BCUT2D eigenvalue weighted by Gasteiger charge is 2.33. The summed E-state index contributed by atoms with van der Waals surface area (Å²) in [5, 5.41) is 4.49. The topological polar surface area (TPSA) is 61.6 Å². The fourth-order valence-electron chi connectivity index (χ4n) is 4.53. The summed E-state index contributed by atoms with van der Waals surface area (Å²) in [6.07, 6.45) is -3.78. The van der Waals surface area contributed by atoms with Gasteiger partial charge in [-0.2, -0.15) is 18.3 Å². The predicted octanol–water partition coefficient (Wildman–Crippen LogP) is 4.91. The fourth-order valence-corrected chi connectivity index (χ4v) is 4.53. The van der Waals surface area contributed by atoms with Crippen molar-refractivity contribution in [1.82, 2.24) is 14.8 Å². The summed E-state index contributed by atoms with van der Waals surface area (Å²) in [6, 6.07) is 7.20. The number of hydrogen-bond acceptors (Lipinski definition) is 6. The number of benzene rings is 1. The Labute approximate surface area is 209 Å². The molecule has 2 aliphatic heterocycles. The predicted molar refractivity (Wildman–Crippen MR) is 123 cm³/mol. The lowest BCUT2D eigenvalue weighted by molar-refractivity contribution is -0.137. The molecule has 0 radical (unpaired) electrons. The van der Waals surface area contributed by atoms with Crippen LogP contribution >= 0.6 is 0 Å². The fraction of sp³-hybridized carbons (Fsp3) is 0.440. The first kappa shape index (κ1) is 25.4. The van der Waals surface area contributed by atoms with Gasteiger partial charge in [0.2, 0.25) is 5.88 Å². The van der Waals surface area contributed by atoms with Crippen LogP contribution < -0.4 is 9.64 Å². The molecule has 4 heterocycles. The lowest BCUT2D eigenvalue weighted by Gasteiger charge is -2.37. The Hall–Kier alpha value is -3.25. The van der Waals surface area contributed by atoms with Crippen molar-refractivity contribution >= 4 is 5.82 Å². The molecule has 2 aromatic heterocycles. The van der Waals surface area contributed by atoms with Gasteiger partial charge in [-0.05, 0) is 24.3 Å². The van der Waals surface area contributed by atoms with E-state index in [1.165, 1.54) is 18.2 Å². The van der Waals surface area contributed by atoms with Crippen LogP contribution in [0.5, 0.6) is 5.88 Å². The lowest BCUT2D eigenvalue weighted by atomic mass is 9.96. The molecule has 0 aliphatic carbocycles. The molecule has 0 amide bonds. The molecule has 0 saturated carbocycles. The molecule has 0 N–H and O–H groups in total. The van der Waals surface area contributed by atoms with E-state index < -0.39 is 29.7 Å². The molecule has 5 rings (SSSR count). The molecule has 1 aromatic carbocycles. The summed E-state index contributed by atoms with van der Waals surface area (Å²) < 4.78 is 85.2. The largest absolute Gasteiger partial charge is 0.474 e. The molecule has 3 aromatic rings. The van der Waals surface area contributed by atoms with Crippen LogP contribution in [0.3, 0.4) is 0 Å². The maximum atomic E-state index is 13.8. The maximum absolute atomic E-state index is 13.8. The van der Waals surface area contributed by atoms with Gasteiger partial charge >= 0.3 is 6.18 Å². The van der Waals surface area contributed by atoms with Gasteiger partial charge in [-0.1, -0.05) is 6.92 Å². The molecule has 2 atom stereocenters. The number of anilines is 1. The van der Waals surface area contributed by atoms with Gasteiger partial charge in [0.25, 0.3) is 0 Å². The summed E-state index contributed by atoms with van der Waals surface area (Å²) in [6.45, 7) is 4.17. The van der Waals surface area contributed by atoms with E-state index in [4.69, 9.17) is 14.2 Å². The van der Waals surface area contributed by atoms with E-state index in [1.54, 1.807) is 10.7 Å². The van der Waals surface area contributed by atoms with Crippen LogP contribution in [0.15, 0.2) is 42.6 Å². The van der Waals surface area contributed by atoms with Crippen molar-refractivity contribution in [2.45, 2.75) is 38.5 Å². The van der Waals surface area contributed by atoms with Gasteiger partial charge in [0.15, 0.2) is 6.29 Å². The maximum Gasteiger partial charge on any atom is 0.417 e. The van der Waals surface area contributed by atoms with Gasteiger partial charge in [-0.15, -0.1) is 0 Å². The number of alkyl halides is 3. The van der Waals surface area contributed by atoms with Gasteiger partial charge in [0.1, 0.15) is 23.6 Å². The zero-order valence-electron chi connectivity index (χ0n) is 19.9. The second kappa shape index (κ2) is 10.3. The minimum atomic E-state index is -4.44. The van der Waals surface area contributed by atoms with Crippen LogP contribution in [0.1, 0.15) is 18.9 Å². The average Bonchev–Trinajstić information content (AvgIpc) is 3.50. The zero-order valence-corrected chi connectivity index (χ0v) is 19.9. The van der Waals surface area contributed by atoms with Crippen LogP contribution in [0.4, 0.5) is 27.8 Å². The van der Waals surface area contributed by atoms with E-state index in [2.05, 4.69) is 10.1 Å². The highest BCUT2D eigenvalue weighted by atomic mass is 19.4. The average molecular weight is 524 g/mol. The highest BCUT2D eigenvalue weighted by Crippen LogP contribution is 2.32. The van der Waals surface area contributed by atoms with Crippen LogP contribution in [-0.4, -0.2) is 53.5 Å². The smallest absolute Gasteiger partial charge is 0.417 e. The van der Waals surface area contributed by atoms with Crippen LogP contribution in [0, 0.1) is 17.6 Å². The van der Waals surface area contributed by atoms with E-state index in [-0.39, 0.29) is 24.1 Å². The molecule has 0 bridgehead atoms. The van der Waals surface area contributed by atoms with E-state index >= 15 is 0 Å². The van der Waals surface area contributed by atoms with Crippen molar-refractivity contribution in [3.05, 3.63) is 59.8 Å². The first-order valence-corrected chi connectivity index (χ1v) is 11.9. The molecule has 2 fully saturated rings. The van der Waals surface area contributed by atoms with Gasteiger partial charge in [0, 0.05) is 49.3 Å². The van der Waals surface area contributed by atoms with Crippen molar-refractivity contribution in [3.63, 3.8) is 0 Å². The molecule has 12 heteroatoms. The molecule has 0 unspecified atom stereocenters. The SMILES string of the molecule is C[C@@H]1CN(c2ccc(C(F)(F)F)cn2)CC[C@H]1Oc1cc(-c2cc(F)cc(F)c2)nn1CC1OCCO1. The van der Waals surface area contributed by atoms with Crippen LogP contribution in [0.25, 0.3) is 11.3 Å². The summed E-state index contributed by atoms with van der Waals surface area (Å²) in [4.78, 5) is 5.92. The first-order valence-electron chi connectivity index (χ1n) is 11.9. The summed E-state index contributed by atoms with van der Waals surface area (Å²) in [5.41, 5.74) is -0.184. The summed E-state index contributed by atoms with van der Waals surface area (Å²) in [7, 11) is 0. The molecule has 198 valence electrons. The minimum absolute atomic E-state index is 0.00441. The second-order valence-electron chi connectivity index (χ2n) is 9.15. The molecule has 2 saturated heterocycles. The monoisotopic (exact) mass is 524 g/mol. The third-order valence-electron chi connectivity index (χ3n) is 6.41. The Balaban J connectivity index is 1.32. The van der Waals surface area contributed by atoms with Gasteiger partial charge < -0.3 is 19.1 Å². The van der Waals surface area contributed by atoms with Gasteiger partial charge in [-0.3, -0.25) is 0 Å². The van der Waals surface area contributed by atoms with Crippen molar-refractivity contribution in [2.75, 3.05) is 31.2 Å². The number of hydrogen-bond donors (Lipinski definition) is 0. The number of nitrogens with zero attached hydrogens (tertiary/aromatic N) is 4. The quantitative estimate of drug-likeness (QED) is 0.427. The Kier molecular flexibility index (Phi) is 7.04. The van der Waals surface area contributed by atoms with E-state index in [0.717, 1.165) is 18.3 Å². The Bertz CT molecular complexity index is 1210. The third-order valence-corrected chi connectivity index (χ3v) is 6.41. The van der Waals surface area contributed by atoms with Crippen LogP contribution in [0.2, 0.25) is 0 Å². The molecule has 2 aliphatic rings. The highest BCUT2D eigenvalue weighted by molar-refractivity contribution is 5.60. The number of piperidine rings is 1. The van der Waals surface area contributed by atoms with Gasteiger partial charge in [-0.25, -0.2) is 18.4 Å². The minimum Gasteiger partial charge on any atom is -0.474 e. The molecular formula is C25H25F5N4O3. The number of pyridine rings is 1. The van der Waals surface area contributed by atoms with Gasteiger partial charge in [0.05, 0.1) is 31.0 Å². The van der Waals surface area contributed by atoms with Crippen molar-refractivity contribution < 1.29 is 36.2 Å². The lowest BCUT2D eigenvalue weighted by Crippen LogP contribution is -2.45. The molecule has 7 nitrogen and oxygen atoms in total. The first-order chi connectivity index (χ1) is 17.7. The van der Waals surface area contributed by atoms with E-state index in [9.17, 15) is 22.0 Å². The normalized spacial score (nSPS) is 21.0. The van der Waals surface area contributed by atoms with Crippen molar-refractivity contribution in [1.29, 1.82) is 0 Å².